The number of nitrogens with one attached hydrogen (secondary N) is 2. The Hall–Kier alpha value is -2.31. The molecule has 2 aromatic heterocycles. The maximum absolute atomic E-state index is 13.6. The van der Waals surface area contributed by atoms with E-state index in [4.69, 9.17) is 0 Å². The van der Waals surface area contributed by atoms with E-state index in [1.165, 1.54) is 13.2 Å². The number of fused-ring (bicyclic) bond motifs is 1. The maximum Gasteiger partial charge on any atom is 0.270 e. The lowest BCUT2D eigenvalue weighted by molar-refractivity contribution is -0.0557. The van der Waals surface area contributed by atoms with Crippen LogP contribution in [-0.4, -0.2) is 28.8 Å². The summed E-state index contributed by atoms with van der Waals surface area (Å²) in [6.07, 6.45) is 6.71. The molecule has 170 valence electrons. The number of nitrogens with zero attached hydrogens (tertiary/aromatic N) is 1. The molecular formula is C24H33F2N3O2. The van der Waals surface area contributed by atoms with Gasteiger partial charge in [-0.1, -0.05) is 26.7 Å². The summed E-state index contributed by atoms with van der Waals surface area (Å²) in [4.78, 5) is 32.5. The Labute approximate surface area is 182 Å². The van der Waals surface area contributed by atoms with Crippen molar-refractivity contribution in [3.8, 4) is 0 Å². The third-order valence-corrected chi connectivity index (χ3v) is 6.79. The number of carbonyl (C=O) groups is 1. The Bertz CT molecular complexity index is 963. The van der Waals surface area contributed by atoms with Crippen LogP contribution in [0.4, 0.5) is 8.78 Å². The average Bonchev–Trinajstić information content (AvgIpc) is 2.79. The SMILES string of the molecule is CC.CNC(=O)c1nccc2[nH]c([C@@H]3CCCC[C@H]3C3CCC(F)(F)CC3)cc(=O)c12. The van der Waals surface area contributed by atoms with Gasteiger partial charge in [0, 0.05) is 43.8 Å². The first-order valence-electron chi connectivity index (χ1n) is 11.5. The van der Waals surface area contributed by atoms with Crippen molar-refractivity contribution < 1.29 is 13.6 Å². The quantitative estimate of drug-likeness (QED) is 0.680. The number of carbonyl (C=O) groups excluding carboxylic acids is 1. The average molecular weight is 434 g/mol. The summed E-state index contributed by atoms with van der Waals surface area (Å²) in [6, 6.07) is 3.31. The van der Waals surface area contributed by atoms with Gasteiger partial charge >= 0.3 is 0 Å². The molecule has 7 heteroatoms. The van der Waals surface area contributed by atoms with Crippen molar-refractivity contribution in [1.82, 2.24) is 15.3 Å². The van der Waals surface area contributed by atoms with E-state index in [1.807, 2.05) is 13.8 Å². The first-order chi connectivity index (χ1) is 14.9. The van der Waals surface area contributed by atoms with Gasteiger partial charge in [-0.15, -0.1) is 0 Å². The maximum atomic E-state index is 13.6. The largest absolute Gasteiger partial charge is 0.358 e. The monoisotopic (exact) mass is 433 g/mol. The fourth-order valence-corrected chi connectivity index (χ4v) is 5.31. The van der Waals surface area contributed by atoms with Crippen molar-refractivity contribution in [3.05, 3.63) is 39.9 Å². The van der Waals surface area contributed by atoms with Gasteiger partial charge < -0.3 is 10.3 Å². The van der Waals surface area contributed by atoms with Crippen LogP contribution in [0.25, 0.3) is 10.9 Å². The molecule has 0 aromatic carbocycles. The van der Waals surface area contributed by atoms with Gasteiger partial charge in [0.1, 0.15) is 5.69 Å². The normalized spacial score (nSPS) is 23.6. The molecule has 0 bridgehead atoms. The second-order valence-electron chi connectivity index (χ2n) is 8.50. The van der Waals surface area contributed by atoms with E-state index in [0.717, 1.165) is 31.4 Å². The molecule has 2 fully saturated rings. The van der Waals surface area contributed by atoms with Crippen LogP contribution < -0.4 is 10.7 Å². The number of aromatic nitrogens is 2. The van der Waals surface area contributed by atoms with E-state index < -0.39 is 11.8 Å². The van der Waals surface area contributed by atoms with E-state index in [0.29, 0.717) is 29.7 Å². The zero-order valence-corrected chi connectivity index (χ0v) is 18.6. The minimum atomic E-state index is -2.53. The van der Waals surface area contributed by atoms with Crippen molar-refractivity contribution in [2.45, 2.75) is 77.1 Å². The summed E-state index contributed by atoms with van der Waals surface area (Å²) in [5, 5.41) is 2.81. The van der Waals surface area contributed by atoms with Crippen LogP contribution in [0.15, 0.2) is 23.1 Å². The van der Waals surface area contributed by atoms with Gasteiger partial charge in [0.25, 0.3) is 5.91 Å². The lowest BCUT2D eigenvalue weighted by Gasteiger charge is -2.40. The van der Waals surface area contributed by atoms with E-state index in [9.17, 15) is 18.4 Å². The van der Waals surface area contributed by atoms with Crippen LogP contribution >= 0.6 is 0 Å². The molecule has 0 spiro atoms. The Morgan fingerprint density at radius 3 is 2.52 bits per heavy atom. The van der Waals surface area contributed by atoms with Gasteiger partial charge in [0.05, 0.1) is 10.9 Å². The lowest BCUT2D eigenvalue weighted by atomic mass is 9.66. The summed E-state index contributed by atoms with van der Waals surface area (Å²) in [5.41, 5.74) is 1.35. The van der Waals surface area contributed by atoms with Gasteiger partial charge in [0.2, 0.25) is 5.92 Å². The van der Waals surface area contributed by atoms with Crippen LogP contribution in [0, 0.1) is 11.8 Å². The van der Waals surface area contributed by atoms with Crippen molar-refractivity contribution in [2.24, 2.45) is 11.8 Å². The third kappa shape index (κ3) is 4.96. The molecule has 0 aliphatic heterocycles. The number of H-pyrrole nitrogens is 1. The Morgan fingerprint density at radius 1 is 1.16 bits per heavy atom. The van der Waals surface area contributed by atoms with Crippen molar-refractivity contribution >= 4 is 16.8 Å². The molecule has 1 amide bonds. The topological polar surface area (TPSA) is 74.8 Å². The molecule has 31 heavy (non-hydrogen) atoms. The Kier molecular flexibility index (Phi) is 7.44. The second-order valence-corrected chi connectivity index (χ2v) is 8.50. The minimum absolute atomic E-state index is 0.0315. The number of rotatable bonds is 3. The highest BCUT2D eigenvalue weighted by atomic mass is 19.3. The van der Waals surface area contributed by atoms with Crippen molar-refractivity contribution in [2.75, 3.05) is 7.05 Å². The molecule has 4 rings (SSSR count). The van der Waals surface area contributed by atoms with Gasteiger partial charge in [-0.3, -0.25) is 14.6 Å². The van der Waals surface area contributed by atoms with Crippen LogP contribution in [-0.2, 0) is 0 Å². The zero-order chi connectivity index (χ0) is 22.6. The number of pyridine rings is 2. The van der Waals surface area contributed by atoms with Crippen LogP contribution in [0.1, 0.15) is 87.3 Å². The Balaban J connectivity index is 0.00000132. The molecule has 2 saturated carbocycles. The Morgan fingerprint density at radius 2 is 1.84 bits per heavy atom. The molecule has 2 heterocycles. The van der Waals surface area contributed by atoms with E-state index >= 15 is 0 Å². The molecule has 2 aliphatic rings. The molecule has 2 N–H and O–H groups in total. The third-order valence-electron chi connectivity index (χ3n) is 6.79. The molecular weight excluding hydrogens is 400 g/mol. The fraction of sp³-hybridized carbons (Fsp3) is 0.625. The molecule has 0 saturated heterocycles. The highest BCUT2D eigenvalue weighted by molar-refractivity contribution is 6.04. The predicted molar refractivity (Wildman–Crippen MR) is 119 cm³/mol. The number of hydrogen-bond donors (Lipinski definition) is 2. The van der Waals surface area contributed by atoms with E-state index in [2.05, 4.69) is 15.3 Å². The summed E-state index contributed by atoms with van der Waals surface area (Å²) < 4.78 is 27.3. The van der Waals surface area contributed by atoms with Gasteiger partial charge in [-0.05, 0) is 43.6 Å². The molecule has 2 aromatic rings. The van der Waals surface area contributed by atoms with Gasteiger partial charge in [-0.25, -0.2) is 8.78 Å². The van der Waals surface area contributed by atoms with Gasteiger partial charge in [0.15, 0.2) is 5.43 Å². The summed E-state index contributed by atoms with van der Waals surface area (Å²) >= 11 is 0. The van der Waals surface area contributed by atoms with Crippen LogP contribution in [0.3, 0.4) is 0 Å². The number of halogens is 2. The number of amides is 1. The number of alkyl halides is 2. The summed E-state index contributed by atoms with van der Waals surface area (Å²) in [5.74, 6) is -2.17. The molecule has 0 radical (unpaired) electrons. The van der Waals surface area contributed by atoms with Crippen LogP contribution in [0.2, 0.25) is 0 Å². The summed E-state index contributed by atoms with van der Waals surface area (Å²) in [6.45, 7) is 4.00. The smallest absolute Gasteiger partial charge is 0.270 e. The minimum Gasteiger partial charge on any atom is -0.358 e. The van der Waals surface area contributed by atoms with Crippen molar-refractivity contribution in [3.63, 3.8) is 0 Å². The van der Waals surface area contributed by atoms with Crippen LogP contribution in [0.5, 0.6) is 0 Å². The first kappa shape index (κ1) is 23.4. The molecule has 5 nitrogen and oxygen atoms in total. The summed E-state index contributed by atoms with van der Waals surface area (Å²) in [7, 11) is 1.51. The van der Waals surface area contributed by atoms with E-state index in [1.54, 1.807) is 12.1 Å². The number of hydrogen-bond acceptors (Lipinski definition) is 3. The molecule has 2 aliphatic carbocycles. The zero-order valence-electron chi connectivity index (χ0n) is 18.6. The van der Waals surface area contributed by atoms with Crippen molar-refractivity contribution in [1.29, 1.82) is 0 Å². The second kappa shape index (κ2) is 9.88. The lowest BCUT2D eigenvalue weighted by Crippen LogP contribution is -2.33. The first-order valence-corrected chi connectivity index (χ1v) is 11.5. The highest BCUT2D eigenvalue weighted by Crippen LogP contribution is 2.48. The van der Waals surface area contributed by atoms with Gasteiger partial charge in [-0.2, -0.15) is 0 Å². The molecule has 2 atom stereocenters. The fourth-order valence-electron chi connectivity index (χ4n) is 5.31. The highest BCUT2D eigenvalue weighted by Gasteiger charge is 2.41. The number of aromatic amines is 1. The predicted octanol–water partition coefficient (Wildman–Crippen LogP) is 5.41. The standard InChI is InChI=1S/C22H27F2N3O2.C2H6/c1-25-21(29)20-19-16(8-11-26-20)27-17(12-18(19)28)15-5-3-2-4-14(15)13-6-9-22(23,24)10-7-13;1-2/h8,11-15H,2-7,9-10H2,1H3,(H,25,29)(H,27,28);1-2H3/t14-,15+;/m0./s1. The van der Waals surface area contributed by atoms with E-state index in [-0.39, 0.29) is 35.8 Å². The molecule has 0 unspecified atom stereocenters.